The Bertz CT molecular complexity index is 252. The van der Waals surface area contributed by atoms with Crippen LogP contribution in [0.3, 0.4) is 0 Å². The third-order valence-corrected chi connectivity index (χ3v) is 4.41. The number of hydrogen-bond acceptors (Lipinski definition) is 2. The molecule has 0 N–H and O–H groups in total. The first-order chi connectivity index (χ1) is 7.93. The van der Waals surface area contributed by atoms with E-state index < -0.39 is 0 Å². The van der Waals surface area contributed by atoms with E-state index in [2.05, 4.69) is 34.6 Å². The summed E-state index contributed by atoms with van der Waals surface area (Å²) < 4.78 is 12.3. The van der Waals surface area contributed by atoms with Crippen LogP contribution in [0.2, 0.25) is 0 Å². The van der Waals surface area contributed by atoms with Crippen LogP contribution in [0, 0.1) is 17.3 Å². The fraction of sp³-hybridized carbons (Fsp3) is 1.00. The molecule has 0 aromatic carbocycles. The van der Waals surface area contributed by atoms with Gasteiger partial charge in [0.25, 0.3) is 0 Å². The maximum absolute atomic E-state index is 6.15. The molecule has 0 radical (unpaired) electrons. The van der Waals surface area contributed by atoms with Crippen LogP contribution in [0.5, 0.6) is 0 Å². The molecular weight excluding hydrogens is 212 g/mol. The molecule has 1 aliphatic carbocycles. The lowest BCUT2D eigenvalue weighted by atomic mass is 9.68. The predicted octanol–water partition coefficient (Wildman–Crippen LogP) is 3.99. The molecule has 2 rings (SSSR count). The standard InChI is InChI=1S/C15H28O2/c1-6-12-11-9-15(4,5)8-7-13(11)17-14(16-12)10(2)3/h10-14H,6-9H2,1-5H3. The highest BCUT2D eigenvalue weighted by atomic mass is 16.7. The molecule has 4 unspecified atom stereocenters. The molecular formula is C15H28O2. The molecule has 2 nitrogen and oxygen atoms in total. The molecule has 1 saturated carbocycles. The van der Waals surface area contributed by atoms with Gasteiger partial charge in [0, 0.05) is 11.8 Å². The lowest BCUT2D eigenvalue weighted by Crippen LogP contribution is -2.51. The SMILES string of the molecule is CCC1OC(C(C)C)OC2CCC(C)(C)CC12. The van der Waals surface area contributed by atoms with E-state index in [1.807, 2.05) is 0 Å². The molecule has 17 heavy (non-hydrogen) atoms. The van der Waals surface area contributed by atoms with Crippen molar-refractivity contribution in [1.29, 1.82) is 0 Å². The summed E-state index contributed by atoms with van der Waals surface area (Å²) in [5.74, 6) is 1.07. The Balaban J connectivity index is 2.09. The zero-order chi connectivity index (χ0) is 12.6. The van der Waals surface area contributed by atoms with Crippen molar-refractivity contribution in [2.24, 2.45) is 17.3 Å². The van der Waals surface area contributed by atoms with E-state index in [1.54, 1.807) is 0 Å². The maximum atomic E-state index is 6.15. The first-order valence-electron chi connectivity index (χ1n) is 7.24. The van der Waals surface area contributed by atoms with Crippen LogP contribution >= 0.6 is 0 Å². The van der Waals surface area contributed by atoms with Crippen molar-refractivity contribution in [2.75, 3.05) is 0 Å². The first kappa shape index (κ1) is 13.4. The minimum Gasteiger partial charge on any atom is -0.349 e. The summed E-state index contributed by atoms with van der Waals surface area (Å²) in [5.41, 5.74) is 0.464. The lowest BCUT2D eigenvalue weighted by Gasteiger charge is -2.49. The van der Waals surface area contributed by atoms with Gasteiger partial charge in [0.05, 0.1) is 12.2 Å². The van der Waals surface area contributed by atoms with Crippen molar-refractivity contribution >= 4 is 0 Å². The summed E-state index contributed by atoms with van der Waals surface area (Å²) in [6.45, 7) is 11.4. The van der Waals surface area contributed by atoms with Gasteiger partial charge in [-0.05, 0) is 31.1 Å². The second-order valence-corrected chi connectivity index (χ2v) is 6.94. The van der Waals surface area contributed by atoms with Gasteiger partial charge < -0.3 is 9.47 Å². The van der Waals surface area contributed by atoms with Crippen molar-refractivity contribution in [1.82, 2.24) is 0 Å². The Hall–Kier alpha value is -0.0800. The summed E-state index contributed by atoms with van der Waals surface area (Å²) in [6.07, 6.45) is 5.72. The molecule has 0 bridgehead atoms. The number of hydrogen-bond donors (Lipinski definition) is 0. The van der Waals surface area contributed by atoms with Crippen LogP contribution in [0.25, 0.3) is 0 Å². The third-order valence-electron chi connectivity index (χ3n) is 4.41. The molecule has 1 heterocycles. The van der Waals surface area contributed by atoms with Gasteiger partial charge in [0.15, 0.2) is 6.29 Å². The van der Waals surface area contributed by atoms with E-state index >= 15 is 0 Å². The van der Waals surface area contributed by atoms with Gasteiger partial charge >= 0.3 is 0 Å². The van der Waals surface area contributed by atoms with Gasteiger partial charge in [0.2, 0.25) is 0 Å². The minimum absolute atomic E-state index is 0.0161. The summed E-state index contributed by atoms with van der Waals surface area (Å²) in [4.78, 5) is 0. The highest BCUT2D eigenvalue weighted by molar-refractivity contribution is 4.91. The Labute approximate surface area is 106 Å². The van der Waals surface area contributed by atoms with Gasteiger partial charge in [0.1, 0.15) is 0 Å². The Morgan fingerprint density at radius 2 is 1.94 bits per heavy atom. The second kappa shape index (κ2) is 4.89. The van der Waals surface area contributed by atoms with Crippen LogP contribution in [0.15, 0.2) is 0 Å². The van der Waals surface area contributed by atoms with Gasteiger partial charge in [-0.3, -0.25) is 0 Å². The molecule has 1 aliphatic heterocycles. The molecule has 4 atom stereocenters. The number of ether oxygens (including phenoxy) is 2. The molecule has 0 aromatic heterocycles. The average Bonchev–Trinajstić information content (AvgIpc) is 2.26. The Morgan fingerprint density at radius 3 is 2.53 bits per heavy atom. The van der Waals surface area contributed by atoms with Crippen LogP contribution in [0.1, 0.15) is 60.3 Å². The molecule has 0 spiro atoms. The minimum atomic E-state index is 0.0161. The van der Waals surface area contributed by atoms with Crippen molar-refractivity contribution in [3.63, 3.8) is 0 Å². The van der Waals surface area contributed by atoms with E-state index in [9.17, 15) is 0 Å². The molecule has 100 valence electrons. The van der Waals surface area contributed by atoms with E-state index in [4.69, 9.17) is 9.47 Å². The van der Waals surface area contributed by atoms with E-state index in [1.165, 1.54) is 19.3 Å². The van der Waals surface area contributed by atoms with E-state index in [0.29, 0.717) is 29.5 Å². The number of rotatable bonds is 2. The van der Waals surface area contributed by atoms with Crippen molar-refractivity contribution in [2.45, 2.75) is 78.8 Å². The highest BCUT2D eigenvalue weighted by Crippen LogP contribution is 2.45. The van der Waals surface area contributed by atoms with Crippen LogP contribution in [-0.2, 0) is 9.47 Å². The Morgan fingerprint density at radius 1 is 1.24 bits per heavy atom. The zero-order valence-corrected chi connectivity index (χ0v) is 12.0. The van der Waals surface area contributed by atoms with Gasteiger partial charge in [-0.2, -0.15) is 0 Å². The topological polar surface area (TPSA) is 18.5 Å². The number of fused-ring (bicyclic) bond motifs is 1. The molecule has 2 aliphatic rings. The van der Waals surface area contributed by atoms with Crippen LogP contribution in [0.4, 0.5) is 0 Å². The summed E-state index contributed by atoms with van der Waals surface area (Å²) >= 11 is 0. The van der Waals surface area contributed by atoms with Gasteiger partial charge in [-0.25, -0.2) is 0 Å². The quantitative estimate of drug-likeness (QED) is 0.726. The van der Waals surface area contributed by atoms with Gasteiger partial charge in [-0.1, -0.05) is 34.6 Å². The first-order valence-corrected chi connectivity index (χ1v) is 7.24. The third kappa shape index (κ3) is 2.85. The maximum Gasteiger partial charge on any atom is 0.160 e. The predicted molar refractivity (Wildman–Crippen MR) is 69.8 cm³/mol. The smallest absolute Gasteiger partial charge is 0.160 e. The normalized spacial score (nSPS) is 41.3. The van der Waals surface area contributed by atoms with Crippen LogP contribution in [-0.4, -0.2) is 18.5 Å². The second-order valence-electron chi connectivity index (χ2n) is 6.94. The largest absolute Gasteiger partial charge is 0.349 e. The monoisotopic (exact) mass is 240 g/mol. The van der Waals surface area contributed by atoms with E-state index in [-0.39, 0.29) is 6.29 Å². The molecule has 0 amide bonds. The van der Waals surface area contributed by atoms with Crippen molar-refractivity contribution in [3.05, 3.63) is 0 Å². The summed E-state index contributed by atoms with van der Waals surface area (Å²) in [7, 11) is 0. The molecule has 0 aromatic rings. The van der Waals surface area contributed by atoms with Crippen molar-refractivity contribution < 1.29 is 9.47 Å². The van der Waals surface area contributed by atoms with Gasteiger partial charge in [-0.15, -0.1) is 0 Å². The fourth-order valence-corrected chi connectivity index (χ4v) is 3.35. The zero-order valence-electron chi connectivity index (χ0n) is 12.0. The average molecular weight is 240 g/mol. The highest BCUT2D eigenvalue weighted by Gasteiger charge is 2.44. The summed E-state index contributed by atoms with van der Waals surface area (Å²) in [6, 6.07) is 0. The van der Waals surface area contributed by atoms with Crippen molar-refractivity contribution in [3.8, 4) is 0 Å². The fourth-order valence-electron chi connectivity index (χ4n) is 3.35. The lowest BCUT2D eigenvalue weighted by molar-refractivity contribution is -0.295. The molecule has 1 saturated heterocycles. The van der Waals surface area contributed by atoms with E-state index in [0.717, 1.165) is 6.42 Å². The molecule has 2 fully saturated rings. The Kier molecular flexibility index (Phi) is 3.84. The van der Waals surface area contributed by atoms with Crippen LogP contribution < -0.4 is 0 Å². The molecule has 2 heteroatoms. The summed E-state index contributed by atoms with van der Waals surface area (Å²) in [5, 5.41) is 0.